The summed E-state index contributed by atoms with van der Waals surface area (Å²) in [5.41, 5.74) is 3.81. The van der Waals surface area contributed by atoms with Gasteiger partial charge in [-0.3, -0.25) is 4.79 Å². The minimum Gasteiger partial charge on any atom is -0.466 e. The Labute approximate surface area is 169 Å². The Hall–Kier alpha value is -2.39. The van der Waals surface area contributed by atoms with Crippen molar-refractivity contribution in [2.75, 3.05) is 26.2 Å². The third-order valence-corrected chi connectivity index (χ3v) is 5.32. The maximum absolute atomic E-state index is 12.0. The van der Waals surface area contributed by atoms with Gasteiger partial charge in [-0.05, 0) is 62.4 Å². The van der Waals surface area contributed by atoms with Gasteiger partial charge in [-0.15, -0.1) is 0 Å². The quantitative estimate of drug-likeness (QED) is 0.469. The minimum atomic E-state index is -0.0254. The second kappa shape index (κ2) is 10.8. The summed E-state index contributed by atoms with van der Waals surface area (Å²) in [5.74, 6) is 0.0241. The summed E-state index contributed by atoms with van der Waals surface area (Å²) < 4.78 is 5.21. The van der Waals surface area contributed by atoms with Crippen LogP contribution >= 0.6 is 0 Å². The monoisotopic (exact) mass is 377 g/mol. The molecule has 1 fully saturated rings. The number of hydrogen-bond donors (Lipinski definition) is 0. The maximum Gasteiger partial charge on any atom is 0.310 e. The van der Waals surface area contributed by atoms with Crippen LogP contribution in [0.2, 0.25) is 0 Å². The molecule has 1 heterocycles. The summed E-state index contributed by atoms with van der Waals surface area (Å²) >= 11 is 0. The lowest BCUT2D eigenvalue weighted by Gasteiger charge is -2.31. The number of esters is 1. The normalized spacial score (nSPS) is 17.1. The fourth-order valence-electron chi connectivity index (χ4n) is 3.91. The lowest BCUT2D eigenvalue weighted by Crippen LogP contribution is -2.39. The van der Waals surface area contributed by atoms with E-state index in [2.05, 4.69) is 71.6 Å². The van der Waals surface area contributed by atoms with E-state index in [0.717, 1.165) is 45.3 Å². The van der Waals surface area contributed by atoms with Gasteiger partial charge in [-0.25, -0.2) is 0 Å². The molecular weight excluding hydrogens is 346 g/mol. The smallest absolute Gasteiger partial charge is 0.310 e. The van der Waals surface area contributed by atoms with E-state index in [1.54, 1.807) is 0 Å². The Kier molecular flexibility index (Phi) is 7.86. The zero-order valence-electron chi connectivity index (χ0n) is 16.8. The number of benzene rings is 2. The van der Waals surface area contributed by atoms with Crippen LogP contribution in [0.15, 0.2) is 66.7 Å². The van der Waals surface area contributed by atoms with Gasteiger partial charge < -0.3 is 9.64 Å². The highest BCUT2D eigenvalue weighted by Crippen LogP contribution is 2.24. The van der Waals surface area contributed by atoms with E-state index < -0.39 is 0 Å². The molecule has 28 heavy (non-hydrogen) atoms. The Balaban J connectivity index is 1.58. The van der Waals surface area contributed by atoms with Gasteiger partial charge >= 0.3 is 5.97 Å². The summed E-state index contributed by atoms with van der Waals surface area (Å²) in [6.07, 6.45) is 6.52. The van der Waals surface area contributed by atoms with E-state index in [-0.39, 0.29) is 11.9 Å². The molecular formula is C25H31NO2. The number of piperidine rings is 1. The number of unbranched alkanes of at least 4 members (excludes halogenated alkanes) is 1. The Morgan fingerprint density at radius 2 is 1.71 bits per heavy atom. The molecule has 1 unspecified atom stereocenters. The van der Waals surface area contributed by atoms with Crippen LogP contribution in [0, 0.1) is 5.92 Å². The second-order valence-electron chi connectivity index (χ2n) is 7.38. The highest BCUT2D eigenvalue weighted by atomic mass is 16.5. The highest BCUT2D eigenvalue weighted by Gasteiger charge is 2.26. The van der Waals surface area contributed by atoms with E-state index in [0.29, 0.717) is 6.61 Å². The van der Waals surface area contributed by atoms with Gasteiger partial charge in [0, 0.05) is 6.54 Å². The van der Waals surface area contributed by atoms with Crippen molar-refractivity contribution in [2.24, 2.45) is 5.92 Å². The van der Waals surface area contributed by atoms with Crippen molar-refractivity contribution in [2.45, 2.75) is 32.6 Å². The van der Waals surface area contributed by atoms with E-state index >= 15 is 0 Å². The largest absolute Gasteiger partial charge is 0.466 e. The number of allylic oxidation sites excluding steroid dienone is 1. The summed E-state index contributed by atoms with van der Waals surface area (Å²) in [6, 6.07) is 21.2. The first-order chi connectivity index (χ1) is 13.8. The van der Waals surface area contributed by atoms with Crippen molar-refractivity contribution in [3.63, 3.8) is 0 Å². The van der Waals surface area contributed by atoms with Gasteiger partial charge in [0.05, 0.1) is 12.5 Å². The zero-order valence-corrected chi connectivity index (χ0v) is 16.8. The second-order valence-corrected chi connectivity index (χ2v) is 7.38. The third-order valence-electron chi connectivity index (χ3n) is 5.32. The number of ether oxygens (including phenoxy) is 1. The molecule has 2 aromatic rings. The van der Waals surface area contributed by atoms with Crippen LogP contribution in [0.4, 0.5) is 0 Å². The standard InChI is InChI=1S/C25H31NO2/c1-2-28-25(27)23-16-11-19-26(20-23)18-10-9-17-24(21-12-5-3-6-13-21)22-14-7-4-8-15-22/h3-8,12-15,17,23H,2,9-11,16,18-20H2,1H3. The predicted octanol–water partition coefficient (Wildman–Crippen LogP) is 5.17. The summed E-state index contributed by atoms with van der Waals surface area (Å²) in [4.78, 5) is 14.4. The fraction of sp³-hybridized carbons (Fsp3) is 0.400. The zero-order chi connectivity index (χ0) is 19.6. The molecule has 0 aliphatic carbocycles. The summed E-state index contributed by atoms with van der Waals surface area (Å²) in [6.45, 7) is 5.31. The first-order valence-electron chi connectivity index (χ1n) is 10.5. The fourth-order valence-corrected chi connectivity index (χ4v) is 3.91. The first-order valence-corrected chi connectivity index (χ1v) is 10.5. The molecule has 0 amide bonds. The number of hydrogen-bond acceptors (Lipinski definition) is 3. The van der Waals surface area contributed by atoms with Gasteiger partial charge in [0.1, 0.15) is 0 Å². The van der Waals surface area contributed by atoms with Crippen LogP contribution in [0.3, 0.4) is 0 Å². The molecule has 0 spiro atoms. The highest BCUT2D eigenvalue weighted by molar-refractivity contribution is 5.79. The van der Waals surface area contributed by atoms with Gasteiger partial charge in [0.25, 0.3) is 0 Å². The molecule has 1 atom stereocenters. The lowest BCUT2D eigenvalue weighted by atomic mass is 9.96. The van der Waals surface area contributed by atoms with Crippen molar-refractivity contribution < 1.29 is 9.53 Å². The molecule has 0 aromatic heterocycles. The number of rotatable bonds is 8. The van der Waals surface area contributed by atoms with Crippen LogP contribution < -0.4 is 0 Å². The van der Waals surface area contributed by atoms with Crippen molar-refractivity contribution in [3.05, 3.63) is 77.9 Å². The van der Waals surface area contributed by atoms with Gasteiger partial charge in [0.2, 0.25) is 0 Å². The lowest BCUT2D eigenvalue weighted by molar-refractivity contribution is -0.149. The number of carbonyl (C=O) groups excluding carboxylic acids is 1. The molecule has 3 heteroatoms. The van der Waals surface area contributed by atoms with E-state index in [1.165, 1.54) is 16.7 Å². The predicted molar refractivity (Wildman–Crippen MR) is 115 cm³/mol. The van der Waals surface area contributed by atoms with Gasteiger partial charge in [-0.1, -0.05) is 66.7 Å². The van der Waals surface area contributed by atoms with E-state index in [4.69, 9.17) is 4.74 Å². The molecule has 1 aliphatic rings. The molecule has 0 radical (unpaired) electrons. The Morgan fingerprint density at radius 1 is 1.07 bits per heavy atom. The van der Waals surface area contributed by atoms with Crippen molar-refractivity contribution >= 4 is 11.5 Å². The van der Waals surface area contributed by atoms with Crippen molar-refractivity contribution in [1.29, 1.82) is 0 Å². The molecule has 0 N–H and O–H groups in total. The van der Waals surface area contributed by atoms with E-state index in [9.17, 15) is 4.79 Å². The molecule has 0 saturated carbocycles. The molecule has 2 aromatic carbocycles. The Bertz CT molecular complexity index is 713. The first kappa shape index (κ1) is 20.3. The molecule has 0 bridgehead atoms. The number of nitrogens with zero attached hydrogens (tertiary/aromatic N) is 1. The number of likely N-dealkylation sites (tertiary alicyclic amines) is 1. The van der Waals surface area contributed by atoms with Crippen LogP contribution in [-0.4, -0.2) is 37.1 Å². The van der Waals surface area contributed by atoms with Crippen molar-refractivity contribution in [3.8, 4) is 0 Å². The number of carbonyl (C=O) groups is 1. The average molecular weight is 378 g/mol. The van der Waals surface area contributed by atoms with Gasteiger partial charge in [0.15, 0.2) is 0 Å². The molecule has 1 aliphatic heterocycles. The summed E-state index contributed by atoms with van der Waals surface area (Å²) in [5, 5.41) is 0. The van der Waals surface area contributed by atoms with Crippen LogP contribution in [0.5, 0.6) is 0 Å². The van der Waals surface area contributed by atoms with E-state index in [1.807, 2.05) is 6.92 Å². The maximum atomic E-state index is 12.0. The van der Waals surface area contributed by atoms with Crippen LogP contribution in [0.25, 0.3) is 5.57 Å². The average Bonchev–Trinajstić information content (AvgIpc) is 2.75. The molecule has 1 saturated heterocycles. The molecule has 3 rings (SSSR count). The molecule has 148 valence electrons. The SMILES string of the molecule is CCOC(=O)C1CCCN(CCCC=C(c2ccccc2)c2ccccc2)C1. The minimum absolute atomic E-state index is 0.0254. The van der Waals surface area contributed by atoms with Gasteiger partial charge in [-0.2, -0.15) is 0 Å². The van der Waals surface area contributed by atoms with Crippen LogP contribution in [0.1, 0.15) is 43.7 Å². The Morgan fingerprint density at radius 3 is 2.32 bits per heavy atom. The third kappa shape index (κ3) is 5.80. The van der Waals surface area contributed by atoms with Crippen LogP contribution in [-0.2, 0) is 9.53 Å². The van der Waals surface area contributed by atoms with Crippen molar-refractivity contribution in [1.82, 2.24) is 4.90 Å². The topological polar surface area (TPSA) is 29.5 Å². The summed E-state index contributed by atoms with van der Waals surface area (Å²) in [7, 11) is 0. The molecule has 3 nitrogen and oxygen atoms in total.